The molecule has 1 atom stereocenters. The Morgan fingerprint density at radius 1 is 1.32 bits per heavy atom. The summed E-state index contributed by atoms with van der Waals surface area (Å²) in [5.41, 5.74) is 1.04. The van der Waals surface area contributed by atoms with Crippen molar-refractivity contribution in [1.29, 1.82) is 0 Å². The van der Waals surface area contributed by atoms with Gasteiger partial charge in [0, 0.05) is 38.1 Å². The lowest BCUT2D eigenvalue weighted by molar-refractivity contribution is -0.135. The number of hydrogen-bond acceptors (Lipinski definition) is 4. The normalized spacial score (nSPS) is 17.4. The highest BCUT2D eigenvalue weighted by Crippen LogP contribution is 2.26. The minimum absolute atomic E-state index is 0.0000682. The quantitative estimate of drug-likeness (QED) is 0.865. The van der Waals surface area contributed by atoms with Crippen LogP contribution < -0.4 is 10.1 Å². The fourth-order valence-electron chi connectivity index (χ4n) is 2.84. The molecular weight excluding hydrogens is 361 g/mol. The Hall–Kier alpha value is -1.82. The smallest absolute Gasteiger partial charge is 0.226 e. The van der Waals surface area contributed by atoms with E-state index in [4.69, 9.17) is 27.9 Å². The van der Waals surface area contributed by atoms with Crippen LogP contribution in [0.15, 0.2) is 42.7 Å². The number of ether oxygens (including phenoxy) is 1. The number of pyridine rings is 1. The van der Waals surface area contributed by atoms with E-state index >= 15 is 0 Å². The summed E-state index contributed by atoms with van der Waals surface area (Å²) in [6, 6.07) is 8.95. The SMILES string of the molecule is O=C(CCOc1ccc(Cl)c(Cl)c1)N1CCNCC1c1cccnc1. The van der Waals surface area contributed by atoms with Gasteiger partial charge in [-0.15, -0.1) is 0 Å². The Morgan fingerprint density at radius 2 is 2.20 bits per heavy atom. The molecule has 1 aromatic heterocycles. The molecule has 7 heteroatoms. The van der Waals surface area contributed by atoms with Gasteiger partial charge in [0.1, 0.15) is 5.75 Å². The summed E-state index contributed by atoms with van der Waals surface area (Å²) >= 11 is 11.8. The van der Waals surface area contributed by atoms with E-state index in [2.05, 4.69) is 10.3 Å². The second-order valence-corrected chi connectivity index (χ2v) is 6.58. The molecule has 1 saturated heterocycles. The van der Waals surface area contributed by atoms with Crippen molar-refractivity contribution in [2.24, 2.45) is 0 Å². The molecule has 1 amide bonds. The van der Waals surface area contributed by atoms with Gasteiger partial charge in [0.25, 0.3) is 0 Å². The van der Waals surface area contributed by atoms with E-state index in [-0.39, 0.29) is 11.9 Å². The molecule has 0 saturated carbocycles. The molecule has 3 rings (SSSR count). The van der Waals surface area contributed by atoms with E-state index in [1.165, 1.54) is 0 Å². The summed E-state index contributed by atoms with van der Waals surface area (Å²) in [5, 5.41) is 4.24. The number of hydrogen-bond donors (Lipinski definition) is 1. The van der Waals surface area contributed by atoms with Crippen LogP contribution in [-0.2, 0) is 4.79 Å². The molecule has 2 aromatic rings. The molecule has 0 spiro atoms. The fourth-order valence-corrected chi connectivity index (χ4v) is 3.13. The third-order valence-corrected chi connectivity index (χ3v) is 4.85. The number of nitrogens with one attached hydrogen (secondary N) is 1. The van der Waals surface area contributed by atoms with Crippen molar-refractivity contribution in [2.75, 3.05) is 26.2 Å². The zero-order chi connectivity index (χ0) is 17.6. The standard InChI is InChI=1S/C18H19Cl2N3O2/c19-15-4-3-14(10-16(15)20)25-9-5-18(24)23-8-7-22-12-17(23)13-2-1-6-21-11-13/h1-4,6,10-11,17,22H,5,7-9,12H2. The summed E-state index contributed by atoms with van der Waals surface area (Å²) in [6.45, 7) is 2.48. The van der Waals surface area contributed by atoms with Gasteiger partial charge in [0.2, 0.25) is 5.91 Å². The van der Waals surface area contributed by atoms with Gasteiger partial charge in [-0.2, -0.15) is 0 Å². The third-order valence-electron chi connectivity index (χ3n) is 4.11. The minimum atomic E-state index is -0.0000682. The second-order valence-electron chi connectivity index (χ2n) is 5.77. The number of nitrogens with zero attached hydrogens (tertiary/aromatic N) is 2. The number of rotatable bonds is 5. The minimum Gasteiger partial charge on any atom is -0.493 e. The van der Waals surface area contributed by atoms with E-state index in [9.17, 15) is 4.79 Å². The first kappa shape index (κ1) is 18.0. The molecule has 1 aliphatic heterocycles. The molecule has 0 bridgehead atoms. The highest BCUT2D eigenvalue weighted by Gasteiger charge is 2.27. The van der Waals surface area contributed by atoms with Crippen LogP contribution in [0, 0.1) is 0 Å². The zero-order valence-corrected chi connectivity index (χ0v) is 15.1. The average Bonchev–Trinajstić information content (AvgIpc) is 2.65. The Balaban J connectivity index is 1.58. The van der Waals surface area contributed by atoms with Crippen LogP contribution in [-0.4, -0.2) is 42.0 Å². The van der Waals surface area contributed by atoms with Crippen LogP contribution in [0.1, 0.15) is 18.0 Å². The van der Waals surface area contributed by atoms with Gasteiger partial charge in [0.05, 0.1) is 29.1 Å². The van der Waals surface area contributed by atoms with Crippen molar-refractivity contribution < 1.29 is 9.53 Å². The molecule has 25 heavy (non-hydrogen) atoms. The van der Waals surface area contributed by atoms with Gasteiger partial charge in [0.15, 0.2) is 0 Å². The summed E-state index contributed by atoms with van der Waals surface area (Å²) in [4.78, 5) is 18.7. The monoisotopic (exact) mass is 379 g/mol. The van der Waals surface area contributed by atoms with Gasteiger partial charge < -0.3 is 15.0 Å². The van der Waals surface area contributed by atoms with Crippen molar-refractivity contribution in [3.63, 3.8) is 0 Å². The number of benzene rings is 1. The first-order chi connectivity index (χ1) is 12.1. The first-order valence-electron chi connectivity index (χ1n) is 8.13. The van der Waals surface area contributed by atoms with Gasteiger partial charge >= 0.3 is 0 Å². The molecule has 1 aromatic carbocycles. The van der Waals surface area contributed by atoms with Crippen molar-refractivity contribution in [2.45, 2.75) is 12.5 Å². The van der Waals surface area contributed by atoms with E-state index < -0.39 is 0 Å². The fraction of sp³-hybridized carbons (Fsp3) is 0.333. The Bertz CT molecular complexity index is 728. The highest BCUT2D eigenvalue weighted by molar-refractivity contribution is 6.42. The average molecular weight is 380 g/mol. The van der Waals surface area contributed by atoms with Gasteiger partial charge in [-0.1, -0.05) is 29.3 Å². The molecule has 1 aliphatic rings. The lowest BCUT2D eigenvalue weighted by Gasteiger charge is -2.36. The third kappa shape index (κ3) is 4.63. The zero-order valence-electron chi connectivity index (χ0n) is 13.6. The second kappa shape index (κ2) is 8.52. The van der Waals surface area contributed by atoms with Crippen molar-refractivity contribution >= 4 is 29.1 Å². The lowest BCUT2D eigenvalue weighted by atomic mass is 10.0. The molecule has 132 valence electrons. The van der Waals surface area contributed by atoms with Gasteiger partial charge in [-0.05, 0) is 23.8 Å². The maximum atomic E-state index is 12.6. The van der Waals surface area contributed by atoms with Crippen molar-refractivity contribution in [3.05, 3.63) is 58.3 Å². The molecule has 1 N–H and O–H groups in total. The van der Waals surface area contributed by atoms with Crippen LogP contribution in [0.4, 0.5) is 0 Å². The Morgan fingerprint density at radius 3 is 2.96 bits per heavy atom. The topological polar surface area (TPSA) is 54.5 Å². The van der Waals surface area contributed by atoms with Crippen molar-refractivity contribution in [3.8, 4) is 5.75 Å². The molecule has 2 heterocycles. The summed E-state index contributed by atoms with van der Waals surface area (Å²) < 4.78 is 5.63. The largest absolute Gasteiger partial charge is 0.493 e. The predicted octanol–water partition coefficient (Wildman–Crippen LogP) is 3.33. The molecule has 1 fully saturated rings. The van der Waals surface area contributed by atoms with E-state index in [0.717, 1.165) is 18.7 Å². The molecular formula is C18H19Cl2N3O2. The van der Waals surface area contributed by atoms with Crippen LogP contribution in [0.3, 0.4) is 0 Å². The molecule has 0 aliphatic carbocycles. The van der Waals surface area contributed by atoms with Crippen LogP contribution >= 0.6 is 23.2 Å². The Labute approximate surface area is 156 Å². The number of amides is 1. The lowest BCUT2D eigenvalue weighted by Crippen LogP contribution is -2.49. The first-order valence-corrected chi connectivity index (χ1v) is 8.88. The van der Waals surface area contributed by atoms with Crippen molar-refractivity contribution in [1.82, 2.24) is 15.2 Å². The van der Waals surface area contributed by atoms with Gasteiger partial charge in [-0.25, -0.2) is 0 Å². The van der Waals surface area contributed by atoms with E-state index in [1.807, 2.05) is 23.2 Å². The van der Waals surface area contributed by atoms with Crippen LogP contribution in [0.2, 0.25) is 10.0 Å². The number of carbonyl (C=O) groups is 1. The maximum Gasteiger partial charge on any atom is 0.226 e. The summed E-state index contributed by atoms with van der Waals surface area (Å²) in [5.74, 6) is 0.668. The number of aromatic nitrogens is 1. The molecule has 5 nitrogen and oxygen atoms in total. The number of carbonyl (C=O) groups excluding carboxylic acids is 1. The maximum absolute atomic E-state index is 12.6. The molecule has 1 unspecified atom stereocenters. The van der Waals surface area contributed by atoms with Gasteiger partial charge in [-0.3, -0.25) is 9.78 Å². The highest BCUT2D eigenvalue weighted by atomic mass is 35.5. The van der Waals surface area contributed by atoms with E-state index in [1.54, 1.807) is 24.4 Å². The molecule has 0 radical (unpaired) electrons. The van der Waals surface area contributed by atoms with Crippen LogP contribution in [0.25, 0.3) is 0 Å². The predicted molar refractivity (Wildman–Crippen MR) is 98.1 cm³/mol. The summed E-state index contributed by atoms with van der Waals surface area (Å²) in [6.07, 6.45) is 3.85. The number of halogens is 2. The van der Waals surface area contributed by atoms with Crippen LogP contribution in [0.5, 0.6) is 5.75 Å². The number of piperazine rings is 1. The summed E-state index contributed by atoms with van der Waals surface area (Å²) in [7, 11) is 0. The Kier molecular flexibility index (Phi) is 6.13. The van der Waals surface area contributed by atoms with E-state index in [0.29, 0.717) is 35.4 Å².